The quantitative estimate of drug-likeness (QED) is 0.745. The van der Waals surface area contributed by atoms with Crippen LogP contribution in [0.25, 0.3) is 0 Å². The fourth-order valence-electron chi connectivity index (χ4n) is 3.03. The molecule has 15 heavy (non-hydrogen) atoms. The number of nitrogens with two attached hydrogens (primary N) is 1. The van der Waals surface area contributed by atoms with Crippen LogP contribution in [0.4, 0.5) is 13.2 Å². The van der Waals surface area contributed by atoms with Crippen LogP contribution < -0.4 is 11.1 Å². The van der Waals surface area contributed by atoms with Crippen molar-refractivity contribution in [1.29, 1.82) is 0 Å². The van der Waals surface area contributed by atoms with E-state index in [4.69, 9.17) is 5.73 Å². The first-order valence-electron chi connectivity index (χ1n) is 5.46. The van der Waals surface area contributed by atoms with Crippen LogP contribution in [0.1, 0.15) is 25.7 Å². The normalized spacial score (nSPS) is 40.8. The molecule has 1 saturated carbocycles. The van der Waals surface area contributed by atoms with Crippen molar-refractivity contribution in [2.75, 3.05) is 13.1 Å². The first-order chi connectivity index (χ1) is 6.93. The molecule has 0 aromatic carbocycles. The molecule has 2 bridgehead atoms. The standard InChI is InChI=1S/C10H17F3N2/c11-10(12,13)4-3-9-2-1-7(8(9)14)5-15-6-9/h7-8,15H,1-6,14H2. The van der Waals surface area contributed by atoms with Crippen molar-refractivity contribution >= 4 is 0 Å². The lowest BCUT2D eigenvalue weighted by atomic mass is 9.75. The highest BCUT2D eigenvalue weighted by Crippen LogP contribution is 2.47. The van der Waals surface area contributed by atoms with Gasteiger partial charge in [-0.25, -0.2) is 0 Å². The van der Waals surface area contributed by atoms with Crippen molar-refractivity contribution in [3.8, 4) is 0 Å². The summed E-state index contributed by atoms with van der Waals surface area (Å²) in [6.45, 7) is 1.52. The number of rotatable bonds is 2. The predicted octanol–water partition coefficient (Wildman–Crippen LogP) is 1.66. The molecule has 2 aliphatic rings. The molecule has 3 atom stereocenters. The van der Waals surface area contributed by atoms with E-state index in [2.05, 4.69) is 5.32 Å². The monoisotopic (exact) mass is 222 g/mol. The van der Waals surface area contributed by atoms with Crippen molar-refractivity contribution in [2.24, 2.45) is 17.1 Å². The van der Waals surface area contributed by atoms with E-state index in [1.165, 1.54) is 0 Å². The topological polar surface area (TPSA) is 38.0 Å². The zero-order chi connectivity index (χ0) is 11.1. The van der Waals surface area contributed by atoms with Crippen LogP contribution >= 0.6 is 0 Å². The van der Waals surface area contributed by atoms with E-state index in [0.29, 0.717) is 12.5 Å². The maximum atomic E-state index is 12.2. The summed E-state index contributed by atoms with van der Waals surface area (Å²) in [7, 11) is 0. The van der Waals surface area contributed by atoms with E-state index >= 15 is 0 Å². The van der Waals surface area contributed by atoms with Crippen molar-refractivity contribution in [3.63, 3.8) is 0 Å². The molecular formula is C10H17F3N2. The lowest BCUT2D eigenvalue weighted by molar-refractivity contribution is -0.141. The summed E-state index contributed by atoms with van der Waals surface area (Å²) in [5.41, 5.74) is 5.75. The van der Waals surface area contributed by atoms with Crippen molar-refractivity contribution in [2.45, 2.75) is 37.9 Å². The summed E-state index contributed by atoms with van der Waals surface area (Å²) in [5.74, 6) is 0.381. The molecule has 1 aliphatic heterocycles. The molecule has 0 aromatic heterocycles. The van der Waals surface area contributed by atoms with Crippen molar-refractivity contribution < 1.29 is 13.2 Å². The molecule has 3 N–H and O–H groups in total. The molecule has 2 rings (SSSR count). The number of alkyl halides is 3. The lowest BCUT2D eigenvalue weighted by Gasteiger charge is -2.40. The van der Waals surface area contributed by atoms with Gasteiger partial charge in [-0.3, -0.25) is 0 Å². The summed E-state index contributed by atoms with van der Waals surface area (Å²) < 4.78 is 36.6. The molecule has 0 radical (unpaired) electrons. The van der Waals surface area contributed by atoms with Crippen LogP contribution in [0, 0.1) is 11.3 Å². The third-order valence-electron chi connectivity index (χ3n) is 4.02. The van der Waals surface area contributed by atoms with Crippen LogP contribution in [-0.4, -0.2) is 25.3 Å². The first-order valence-corrected chi connectivity index (χ1v) is 5.46. The maximum Gasteiger partial charge on any atom is 0.389 e. The Morgan fingerprint density at radius 1 is 1.40 bits per heavy atom. The molecular weight excluding hydrogens is 205 g/mol. The van der Waals surface area contributed by atoms with Gasteiger partial charge in [0.2, 0.25) is 0 Å². The van der Waals surface area contributed by atoms with Crippen LogP contribution in [0.2, 0.25) is 0 Å². The molecule has 3 unspecified atom stereocenters. The summed E-state index contributed by atoms with van der Waals surface area (Å²) in [5, 5.41) is 3.21. The summed E-state index contributed by atoms with van der Waals surface area (Å²) in [6, 6.07) is -0.0406. The zero-order valence-electron chi connectivity index (χ0n) is 8.61. The van der Waals surface area contributed by atoms with Gasteiger partial charge >= 0.3 is 6.18 Å². The van der Waals surface area contributed by atoms with Gasteiger partial charge in [-0.2, -0.15) is 13.2 Å². The average molecular weight is 222 g/mol. The number of nitrogens with one attached hydrogen (secondary N) is 1. The van der Waals surface area contributed by atoms with Gasteiger partial charge in [0, 0.05) is 19.0 Å². The van der Waals surface area contributed by atoms with Gasteiger partial charge in [0.05, 0.1) is 0 Å². The second-order valence-electron chi connectivity index (χ2n) is 4.93. The molecule has 0 amide bonds. The van der Waals surface area contributed by atoms with Gasteiger partial charge in [0.15, 0.2) is 0 Å². The molecule has 2 nitrogen and oxygen atoms in total. The molecule has 0 spiro atoms. The average Bonchev–Trinajstić information content (AvgIpc) is 2.37. The van der Waals surface area contributed by atoms with Gasteiger partial charge < -0.3 is 11.1 Å². The minimum absolute atomic E-state index is 0.0406. The predicted molar refractivity (Wildman–Crippen MR) is 51.3 cm³/mol. The smallest absolute Gasteiger partial charge is 0.327 e. The summed E-state index contributed by atoms with van der Waals surface area (Å²) >= 11 is 0. The Morgan fingerprint density at radius 3 is 2.80 bits per heavy atom. The number of fused-ring (bicyclic) bond motifs is 2. The fourth-order valence-corrected chi connectivity index (χ4v) is 3.03. The van der Waals surface area contributed by atoms with Crippen molar-refractivity contribution in [1.82, 2.24) is 5.32 Å². The minimum Gasteiger partial charge on any atom is -0.327 e. The SMILES string of the molecule is NC1C2CCC1(CCC(F)(F)F)CNC2. The van der Waals surface area contributed by atoms with Gasteiger partial charge in [-0.15, -0.1) is 0 Å². The highest BCUT2D eigenvalue weighted by atomic mass is 19.4. The largest absolute Gasteiger partial charge is 0.389 e. The van der Waals surface area contributed by atoms with Crippen LogP contribution in [0.3, 0.4) is 0 Å². The summed E-state index contributed by atoms with van der Waals surface area (Å²) in [4.78, 5) is 0. The second kappa shape index (κ2) is 3.63. The van der Waals surface area contributed by atoms with Crippen LogP contribution in [0.15, 0.2) is 0 Å². The highest BCUT2D eigenvalue weighted by Gasteiger charge is 2.49. The number of piperidine rings is 1. The Kier molecular flexibility index (Phi) is 2.71. The number of hydrogen-bond acceptors (Lipinski definition) is 2. The van der Waals surface area contributed by atoms with Gasteiger partial charge in [0.25, 0.3) is 0 Å². The molecule has 0 aromatic rings. The van der Waals surface area contributed by atoms with E-state index in [1.807, 2.05) is 0 Å². The Bertz CT molecular complexity index is 237. The van der Waals surface area contributed by atoms with Crippen LogP contribution in [0.5, 0.6) is 0 Å². The van der Waals surface area contributed by atoms with Gasteiger partial charge in [-0.05, 0) is 37.1 Å². The van der Waals surface area contributed by atoms with Crippen molar-refractivity contribution in [3.05, 3.63) is 0 Å². The zero-order valence-corrected chi connectivity index (χ0v) is 8.61. The molecule has 1 saturated heterocycles. The van der Waals surface area contributed by atoms with Crippen LogP contribution in [-0.2, 0) is 0 Å². The number of hydrogen-bond donors (Lipinski definition) is 2. The number of halogens is 3. The third kappa shape index (κ3) is 2.13. The van der Waals surface area contributed by atoms with E-state index < -0.39 is 12.6 Å². The Labute approximate surface area is 87.4 Å². The second-order valence-corrected chi connectivity index (χ2v) is 4.93. The van der Waals surface area contributed by atoms with Gasteiger partial charge in [-0.1, -0.05) is 0 Å². The van der Waals surface area contributed by atoms with E-state index in [-0.39, 0.29) is 17.9 Å². The Hall–Kier alpha value is -0.290. The Balaban J connectivity index is 2.00. The lowest BCUT2D eigenvalue weighted by Crippen LogP contribution is -2.54. The molecule has 2 fully saturated rings. The molecule has 5 heteroatoms. The maximum absolute atomic E-state index is 12.2. The molecule has 1 heterocycles. The van der Waals surface area contributed by atoms with E-state index in [0.717, 1.165) is 19.4 Å². The molecule has 1 aliphatic carbocycles. The first kappa shape index (κ1) is 11.2. The molecule has 88 valence electrons. The van der Waals surface area contributed by atoms with E-state index in [1.54, 1.807) is 0 Å². The summed E-state index contributed by atoms with van der Waals surface area (Å²) in [6.07, 6.45) is -2.74. The fraction of sp³-hybridized carbons (Fsp3) is 1.00. The Morgan fingerprint density at radius 2 is 2.13 bits per heavy atom. The third-order valence-corrected chi connectivity index (χ3v) is 4.02. The highest BCUT2D eigenvalue weighted by molar-refractivity contribution is 5.04. The minimum atomic E-state index is -4.05. The van der Waals surface area contributed by atoms with E-state index in [9.17, 15) is 13.2 Å². The van der Waals surface area contributed by atoms with Gasteiger partial charge in [0.1, 0.15) is 0 Å².